The summed E-state index contributed by atoms with van der Waals surface area (Å²) >= 11 is 4.92. The lowest BCUT2D eigenvalue weighted by molar-refractivity contribution is 0.856. The molecule has 0 aliphatic rings. The lowest BCUT2D eigenvalue weighted by atomic mass is 10.0. The van der Waals surface area contributed by atoms with Gasteiger partial charge in [0.1, 0.15) is 10.7 Å². The monoisotopic (exact) mass is 178 g/mol. The van der Waals surface area contributed by atoms with Crippen molar-refractivity contribution >= 4 is 12.2 Å². The highest BCUT2D eigenvalue weighted by atomic mass is 32.1. The number of H-pyrrole nitrogens is 1. The molecule has 3 heteroatoms. The predicted molar refractivity (Wildman–Crippen MR) is 50.4 cm³/mol. The zero-order valence-electron chi connectivity index (χ0n) is 7.09. The molecule has 0 aliphatic heterocycles. The van der Waals surface area contributed by atoms with E-state index in [1.54, 1.807) is 0 Å². The quantitative estimate of drug-likeness (QED) is 0.671. The first-order valence-corrected chi connectivity index (χ1v) is 4.18. The SMILES string of the molecule is CC(C)c1c[nH]c(=S)c(C#N)c1. The van der Waals surface area contributed by atoms with E-state index in [4.69, 9.17) is 17.5 Å². The van der Waals surface area contributed by atoms with E-state index in [-0.39, 0.29) is 0 Å². The van der Waals surface area contributed by atoms with Gasteiger partial charge >= 0.3 is 0 Å². The van der Waals surface area contributed by atoms with Crippen LogP contribution in [0, 0.1) is 16.0 Å². The lowest BCUT2D eigenvalue weighted by Gasteiger charge is -2.04. The first-order valence-electron chi connectivity index (χ1n) is 3.78. The highest BCUT2D eigenvalue weighted by Gasteiger charge is 2.01. The van der Waals surface area contributed by atoms with E-state index in [1.807, 2.05) is 12.3 Å². The number of aromatic amines is 1. The molecule has 0 fully saturated rings. The van der Waals surface area contributed by atoms with Gasteiger partial charge in [-0.3, -0.25) is 0 Å². The van der Waals surface area contributed by atoms with Crippen LogP contribution in [0.25, 0.3) is 0 Å². The van der Waals surface area contributed by atoms with Crippen LogP contribution in [0.15, 0.2) is 12.3 Å². The second kappa shape index (κ2) is 3.51. The molecule has 2 nitrogen and oxygen atoms in total. The standard InChI is InChI=1S/C9H10N2S/c1-6(2)8-3-7(4-10)9(12)11-5-8/h3,5-6H,1-2H3,(H,11,12). The van der Waals surface area contributed by atoms with Gasteiger partial charge in [-0.1, -0.05) is 26.1 Å². The molecule has 0 radical (unpaired) electrons. The van der Waals surface area contributed by atoms with Crippen molar-refractivity contribution in [2.75, 3.05) is 0 Å². The van der Waals surface area contributed by atoms with Crippen LogP contribution in [0.1, 0.15) is 30.9 Å². The fraction of sp³-hybridized carbons (Fsp3) is 0.333. The minimum atomic E-state index is 0.420. The van der Waals surface area contributed by atoms with Gasteiger partial charge in [0.05, 0.1) is 5.56 Å². The van der Waals surface area contributed by atoms with E-state index in [0.717, 1.165) is 5.56 Å². The molecule has 0 amide bonds. The van der Waals surface area contributed by atoms with Crippen molar-refractivity contribution in [3.63, 3.8) is 0 Å². The van der Waals surface area contributed by atoms with Crippen molar-refractivity contribution in [3.05, 3.63) is 28.0 Å². The number of hydrogen-bond donors (Lipinski definition) is 1. The fourth-order valence-corrected chi connectivity index (χ4v) is 1.08. The van der Waals surface area contributed by atoms with Crippen LogP contribution in [-0.2, 0) is 0 Å². The van der Waals surface area contributed by atoms with Crippen molar-refractivity contribution in [1.82, 2.24) is 4.98 Å². The Hall–Kier alpha value is -1.14. The van der Waals surface area contributed by atoms with Crippen LogP contribution in [0.5, 0.6) is 0 Å². The van der Waals surface area contributed by atoms with Crippen LogP contribution in [0.3, 0.4) is 0 Å². The number of rotatable bonds is 1. The van der Waals surface area contributed by atoms with Crippen molar-refractivity contribution in [2.45, 2.75) is 19.8 Å². The summed E-state index contributed by atoms with van der Waals surface area (Å²) in [5.74, 6) is 0.420. The summed E-state index contributed by atoms with van der Waals surface area (Å²) in [7, 11) is 0. The van der Waals surface area contributed by atoms with Crippen molar-refractivity contribution < 1.29 is 0 Å². The van der Waals surface area contributed by atoms with Crippen LogP contribution in [-0.4, -0.2) is 4.98 Å². The van der Waals surface area contributed by atoms with Gasteiger partial charge in [-0.25, -0.2) is 0 Å². The first-order chi connectivity index (χ1) is 5.65. The largest absolute Gasteiger partial charge is 0.352 e. The van der Waals surface area contributed by atoms with Gasteiger partial charge in [0.15, 0.2) is 0 Å². The van der Waals surface area contributed by atoms with E-state index in [9.17, 15) is 0 Å². The Kier molecular flexibility index (Phi) is 2.61. The summed E-state index contributed by atoms with van der Waals surface area (Å²) in [6.07, 6.45) is 1.86. The third-order valence-electron chi connectivity index (χ3n) is 1.71. The van der Waals surface area contributed by atoms with Gasteiger partial charge < -0.3 is 4.98 Å². The summed E-state index contributed by atoms with van der Waals surface area (Å²) in [5, 5.41) is 8.69. The van der Waals surface area contributed by atoms with Crippen LogP contribution in [0.4, 0.5) is 0 Å². The number of pyridine rings is 1. The van der Waals surface area contributed by atoms with Crippen molar-refractivity contribution in [2.24, 2.45) is 0 Å². The summed E-state index contributed by atoms with van der Waals surface area (Å²) < 4.78 is 0.516. The molecule has 1 rings (SSSR count). The number of nitriles is 1. The lowest BCUT2D eigenvalue weighted by Crippen LogP contribution is -1.91. The summed E-state index contributed by atoms with van der Waals surface area (Å²) in [6.45, 7) is 4.15. The molecule has 0 spiro atoms. The Balaban J connectivity index is 3.26. The molecule has 1 aromatic rings. The average molecular weight is 178 g/mol. The summed E-state index contributed by atoms with van der Waals surface area (Å²) in [4.78, 5) is 2.89. The van der Waals surface area contributed by atoms with E-state index >= 15 is 0 Å². The minimum Gasteiger partial charge on any atom is -0.352 e. The molecule has 0 atom stereocenters. The van der Waals surface area contributed by atoms with E-state index in [0.29, 0.717) is 16.1 Å². The van der Waals surface area contributed by atoms with E-state index in [2.05, 4.69) is 24.9 Å². The van der Waals surface area contributed by atoms with Gasteiger partial charge in [0.2, 0.25) is 0 Å². The second-order valence-electron chi connectivity index (χ2n) is 2.94. The predicted octanol–water partition coefficient (Wildman–Crippen LogP) is 2.74. The average Bonchev–Trinajstić information content (AvgIpc) is 2.05. The van der Waals surface area contributed by atoms with Crippen LogP contribution in [0.2, 0.25) is 0 Å². The van der Waals surface area contributed by atoms with Crippen LogP contribution < -0.4 is 0 Å². The molecule has 0 aliphatic carbocycles. The molecule has 12 heavy (non-hydrogen) atoms. The number of nitrogens with one attached hydrogen (secondary N) is 1. The normalized spacial score (nSPS) is 9.83. The molecule has 1 aromatic heterocycles. The Labute approximate surface area is 76.9 Å². The van der Waals surface area contributed by atoms with E-state index < -0.39 is 0 Å². The fourth-order valence-electron chi connectivity index (χ4n) is 0.917. The number of aromatic nitrogens is 1. The molecule has 1 N–H and O–H groups in total. The minimum absolute atomic E-state index is 0.420. The first kappa shape index (κ1) is 8.95. The second-order valence-corrected chi connectivity index (χ2v) is 3.35. The van der Waals surface area contributed by atoms with E-state index in [1.165, 1.54) is 0 Å². The topological polar surface area (TPSA) is 39.6 Å². The zero-order chi connectivity index (χ0) is 9.14. The maximum atomic E-state index is 8.69. The molecule has 0 unspecified atom stereocenters. The van der Waals surface area contributed by atoms with Gasteiger partial charge in [-0.2, -0.15) is 5.26 Å². The van der Waals surface area contributed by atoms with Crippen LogP contribution >= 0.6 is 12.2 Å². The van der Waals surface area contributed by atoms with Gasteiger partial charge in [0.25, 0.3) is 0 Å². The summed E-state index contributed by atoms with van der Waals surface area (Å²) in [6, 6.07) is 3.89. The smallest absolute Gasteiger partial charge is 0.121 e. The maximum absolute atomic E-state index is 8.69. The number of nitrogens with zero attached hydrogens (tertiary/aromatic N) is 1. The molecule has 0 bridgehead atoms. The Bertz CT molecular complexity index is 371. The highest BCUT2D eigenvalue weighted by molar-refractivity contribution is 7.71. The van der Waals surface area contributed by atoms with Gasteiger partial charge in [-0.15, -0.1) is 0 Å². The van der Waals surface area contributed by atoms with Crippen molar-refractivity contribution in [1.29, 1.82) is 5.26 Å². The Morgan fingerprint density at radius 2 is 2.25 bits per heavy atom. The summed E-state index contributed by atoms with van der Waals surface area (Å²) in [5.41, 5.74) is 1.66. The Morgan fingerprint density at radius 3 is 2.75 bits per heavy atom. The molecular formula is C9H10N2S. The Morgan fingerprint density at radius 1 is 1.58 bits per heavy atom. The third-order valence-corrected chi connectivity index (χ3v) is 2.05. The molecular weight excluding hydrogens is 168 g/mol. The zero-order valence-corrected chi connectivity index (χ0v) is 7.90. The van der Waals surface area contributed by atoms with Crippen molar-refractivity contribution in [3.8, 4) is 6.07 Å². The number of hydrogen-bond acceptors (Lipinski definition) is 2. The van der Waals surface area contributed by atoms with Gasteiger partial charge in [0, 0.05) is 6.20 Å². The molecule has 62 valence electrons. The molecule has 0 aromatic carbocycles. The molecule has 1 heterocycles. The highest BCUT2D eigenvalue weighted by Crippen LogP contribution is 2.14. The molecule has 0 saturated heterocycles. The molecule has 0 saturated carbocycles. The van der Waals surface area contributed by atoms with Gasteiger partial charge in [-0.05, 0) is 17.5 Å². The maximum Gasteiger partial charge on any atom is 0.121 e. The third kappa shape index (κ3) is 1.72.